The lowest BCUT2D eigenvalue weighted by atomic mass is 10.0. The molecular formula is C19H28N4O2. The molecule has 6 nitrogen and oxygen atoms in total. The second-order valence-corrected chi connectivity index (χ2v) is 6.77. The summed E-state index contributed by atoms with van der Waals surface area (Å²) in [5, 5.41) is 0. The van der Waals surface area contributed by atoms with Crippen molar-refractivity contribution in [3.63, 3.8) is 0 Å². The number of benzene rings is 1. The van der Waals surface area contributed by atoms with E-state index in [4.69, 9.17) is 0 Å². The molecule has 1 amide bonds. The van der Waals surface area contributed by atoms with Crippen molar-refractivity contribution in [3.8, 4) is 0 Å². The van der Waals surface area contributed by atoms with Crippen LogP contribution in [0.2, 0.25) is 0 Å². The summed E-state index contributed by atoms with van der Waals surface area (Å²) < 4.78 is 3.33. The molecule has 6 heteroatoms. The number of para-hydroxylation sites is 2. The number of imidazole rings is 1. The fourth-order valence-corrected chi connectivity index (χ4v) is 3.80. The van der Waals surface area contributed by atoms with Crippen molar-refractivity contribution >= 4 is 16.9 Å². The number of fused-ring (bicyclic) bond motifs is 1. The second-order valence-electron chi connectivity index (χ2n) is 6.77. The van der Waals surface area contributed by atoms with Gasteiger partial charge in [0.25, 0.3) is 0 Å². The Hall–Kier alpha value is -2.08. The van der Waals surface area contributed by atoms with Gasteiger partial charge in [-0.3, -0.25) is 13.9 Å². The first-order valence-corrected chi connectivity index (χ1v) is 9.22. The predicted octanol–water partition coefficient (Wildman–Crippen LogP) is 1.77. The Balaban J connectivity index is 1.78. The maximum atomic E-state index is 12.8. The third kappa shape index (κ3) is 3.35. The zero-order valence-electron chi connectivity index (χ0n) is 15.4. The van der Waals surface area contributed by atoms with Gasteiger partial charge in [0.05, 0.1) is 11.0 Å². The van der Waals surface area contributed by atoms with Crippen molar-refractivity contribution in [2.45, 2.75) is 45.8 Å². The van der Waals surface area contributed by atoms with Crippen LogP contribution in [0.5, 0.6) is 0 Å². The van der Waals surface area contributed by atoms with E-state index >= 15 is 0 Å². The molecule has 136 valence electrons. The van der Waals surface area contributed by atoms with Crippen molar-refractivity contribution in [3.05, 3.63) is 34.7 Å². The average molecular weight is 344 g/mol. The maximum absolute atomic E-state index is 12.8. The number of carbonyl (C=O) groups excluding carboxylic acids is 1. The molecule has 0 atom stereocenters. The number of hydrogen-bond donors (Lipinski definition) is 0. The molecule has 0 bridgehead atoms. The van der Waals surface area contributed by atoms with Crippen molar-refractivity contribution < 1.29 is 4.79 Å². The summed E-state index contributed by atoms with van der Waals surface area (Å²) in [5.74, 6) is 0.0102. The zero-order chi connectivity index (χ0) is 18.0. The Kier molecular flexibility index (Phi) is 5.27. The van der Waals surface area contributed by atoms with Gasteiger partial charge in [0, 0.05) is 32.7 Å². The lowest BCUT2D eigenvalue weighted by molar-refractivity contribution is -0.133. The summed E-state index contributed by atoms with van der Waals surface area (Å²) in [4.78, 5) is 29.7. The first kappa shape index (κ1) is 17.7. The van der Waals surface area contributed by atoms with Gasteiger partial charge in [-0.05, 0) is 38.4 Å². The topological polar surface area (TPSA) is 50.5 Å². The number of amides is 1. The molecule has 3 rings (SSSR count). The molecule has 1 aromatic heterocycles. The standard InChI is InChI=1S/C19H28N4O2/c1-4-21-12-10-15(11-13-21)20(3)18(24)14-23-17-9-7-6-8-16(17)22(5-2)19(23)25/h6-9,15H,4-5,10-14H2,1-3H3. The molecule has 0 aliphatic carbocycles. The molecule has 1 fully saturated rings. The van der Waals surface area contributed by atoms with Gasteiger partial charge in [0.1, 0.15) is 6.54 Å². The van der Waals surface area contributed by atoms with E-state index in [1.54, 1.807) is 9.13 Å². The molecule has 25 heavy (non-hydrogen) atoms. The Morgan fingerprint density at radius 1 is 1.08 bits per heavy atom. The van der Waals surface area contributed by atoms with E-state index in [9.17, 15) is 9.59 Å². The summed E-state index contributed by atoms with van der Waals surface area (Å²) in [5.41, 5.74) is 1.62. The van der Waals surface area contributed by atoms with Gasteiger partial charge < -0.3 is 9.80 Å². The molecule has 1 aliphatic rings. The van der Waals surface area contributed by atoms with Gasteiger partial charge in [-0.1, -0.05) is 19.1 Å². The SMILES string of the molecule is CCN1CCC(N(C)C(=O)Cn2c(=O)n(CC)c3ccccc32)CC1. The number of rotatable bonds is 5. The molecule has 2 heterocycles. The number of nitrogens with zero attached hydrogens (tertiary/aromatic N) is 4. The third-order valence-electron chi connectivity index (χ3n) is 5.48. The van der Waals surface area contributed by atoms with E-state index in [-0.39, 0.29) is 24.2 Å². The van der Waals surface area contributed by atoms with Gasteiger partial charge in [-0.2, -0.15) is 0 Å². The first-order chi connectivity index (χ1) is 12.1. The molecule has 0 unspecified atom stereocenters. The molecule has 1 aliphatic heterocycles. The third-order valence-corrected chi connectivity index (χ3v) is 5.48. The van der Waals surface area contributed by atoms with Crippen LogP contribution in [0.15, 0.2) is 29.1 Å². The minimum atomic E-state index is -0.105. The summed E-state index contributed by atoms with van der Waals surface area (Å²) in [6.45, 7) is 7.97. The van der Waals surface area contributed by atoms with Gasteiger partial charge in [0.15, 0.2) is 0 Å². The molecule has 0 saturated carbocycles. The summed E-state index contributed by atoms with van der Waals surface area (Å²) in [7, 11) is 1.87. The highest BCUT2D eigenvalue weighted by molar-refractivity contribution is 5.81. The van der Waals surface area contributed by atoms with Crippen LogP contribution in [0.4, 0.5) is 0 Å². The first-order valence-electron chi connectivity index (χ1n) is 9.22. The lowest BCUT2D eigenvalue weighted by Crippen LogP contribution is -2.46. The van der Waals surface area contributed by atoms with Crippen LogP contribution in [-0.4, -0.2) is 57.6 Å². The molecular weight excluding hydrogens is 316 g/mol. The predicted molar refractivity (Wildman–Crippen MR) is 99.8 cm³/mol. The second kappa shape index (κ2) is 7.44. The Bertz CT molecular complexity index is 799. The van der Waals surface area contributed by atoms with Crippen LogP contribution >= 0.6 is 0 Å². The van der Waals surface area contributed by atoms with E-state index < -0.39 is 0 Å². The van der Waals surface area contributed by atoms with E-state index in [1.807, 2.05) is 43.1 Å². The molecule has 0 radical (unpaired) electrons. The minimum Gasteiger partial charge on any atom is -0.341 e. The highest BCUT2D eigenvalue weighted by atomic mass is 16.2. The summed E-state index contributed by atoms with van der Waals surface area (Å²) in [6.07, 6.45) is 2.00. The number of likely N-dealkylation sites (tertiary alicyclic amines) is 1. The molecule has 1 saturated heterocycles. The monoisotopic (exact) mass is 344 g/mol. The van der Waals surface area contributed by atoms with Gasteiger partial charge >= 0.3 is 5.69 Å². The van der Waals surface area contributed by atoms with Crippen molar-refractivity contribution in [2.75, 3.05) is 26.7 Å². The van der Waals surface area contributed by atoms with Crippen LogP contribution in [0, 0.1) is 0 Å². The number of piperidine rings is 1. The van der Waals surface area contributed by atoms with Gasteiger partial charge in [0.2, 0.25) is 5.91 Å². The molecule has 0 spiro atoms. The zero-order valence-corrected chi connectivity index (χ0v) is 15.4. The van der Waals surface area contributed by atoms with Gasteiger partial charge in [-0.25, -0.2) is 4.79 Å². The van der Waals surface area contributed by atoms with Crippen LogP contribution in [0.1, 0.15) is 26.7 Å². The smallest absolute Gasteiger partial charge is 0.329 e. The highest BCUT2D eigenvalue weighted by Gasteiger charge is 2.25. The fraction of sp³-hybridized carbons (Fsp3) is 0.579. The van der Waals surface area contributed by atoms with Gasteiger partial charge in [-0.15, -0.1) is 0 Å². The highest BCUT2D eigenvalue weighted by Crippen LogP contribution is 2.17. The quantitative estimate of drug-likeness (QED) is 0.831. The Morgan fingerprint density at radius 3 is 2.24 bits per heavy atom. The van der Waals surface area contributed by atoms with Crippen molar-refractivity contribution in [2.24, 2.45) is 0 Å². The van der Waals surface area contributed by atoms with Crippen LogP contribution < -0.4 is 5.69 Å². The number of carbonyl (C=O) groups is 1. The summed E-state index contributed by atoms with van der Waals surface area (Å²) in [6, 6.07) is 7.95. The largest absolute Gasteiger partial charge is 0.341 e. The van der Waals surface area contributed by atoms with Crippen LogP contribution in [-0.2, 0) is 17.9 Å². The minimum absolute atomic E-state index is 0.0102. The van der Waals surface area contributed by atoms with Crippen LogP contribution in [0.25, 0.3) is 11.0 Å². The van der Waals surface area contributed by atoms with E-state index in [0.29, 0.717) is 6.54 Å². The van der Waals surface area contributed by atoms with E-state index in [1.165, 1.54) is 0 Å². The molecule has 0 N–H and O–H groups in total. The van der Waals surface area contributed by atoms with E-state index in [2.05, 4.69) is 11.8 Å². The van der Waals surface area contributed by atoms with Crippen molar-refractivity contribution in [1.82, 2.24) is 18.9 Å². The normalized spacial score (nSPS) is 16.4. The maximum Gasteiger partial charge on any atom is 0.329 e. The Labute approximate surface area is 148 Å². The molecule has 1 aromatic carbocycles. The number of aromatic nitrogens is 2. The average Bonchev–Trinajstić information content (AvgIpc) is 2.92. The summed E-state index contributed by atoms with van der Waals surface area (Å²) >= 11 is 0. The van der Waals surface area contributed by atoms with Crippen molar-refractivity contribution in [1.29, 1.82) is 0 Å². The number of likely N-dealkylation sites (N-methyl/N-ethyl adjacent to an activating group) is 1. The molecule has 2 aromatic rings. The lowest BCUT2D eigenvalue weighted by Gasteiger charge is -2.36. The Morgan fingerprint density at radius 2 is 1.68 bits per heavy atom. The van der Waals surface area contributed by atoms with Crippen LogP contribution in [0.3, 0.4) is 0 Å². The fourth-order valence-electron chi connectivity index (χ4n) is 3.80. The van der Waals surface area contributed by atoms with E-state index in [0.717, 1.165) is 43.5 Å². The number of aryl methyl sites for hydroxylation is 1. The number of hydrogen-bond acceptors (Lipinski definition) is 3.